The van der Waals surface area contributed by atoms with Gasteiger partial charge in [0.2, 0.25) is 11.9 Å². The van der Waals surface area contributed by atoms with Crippen molar-refractivity contribution in [2.24, 2.45) is 5.92 Å². The van der Waals surface area contributed by atoms with Crippen molar-refractivity contribution in [2.45, 2.75) is 63.3 Å². The van der Waals surface area contributed by atoms with E-state index in [1.807, 2.05) is 24.9 Å². The Labute approximate surface area is 226 Å². The molecule has 0 aliphatic carbocycles. The number of rotatable bonds is 9. The van der Waals surface area contributed by atoms with Crippen molar-refractivity contribution in [3.63, 3.8) is 0 Å². The molecule has 3 aliphatic rings. The smallest absolute Gasteiger partial charge is 0.369 e. The summed E-state index contributed by atoms with van der Waals surface area (Å²) in [6, 6.07) is 1.44. The molecule has 5 rings (SSSR count). The number of halogens is 3. The molecule has 0 spiro atoms. The lowest BCUT2D eigenvalue weighted by Crippen LogP contribution is -2.52. The molecule has 3 aliphatic heterocycles. The summed E-state index contributed by atoms with van der Waals surface area (Å²) in [6.07, 6.45) is 3.09. The molecule has 0 saturated carbocycles. The van der Waals surface area contributed by atoms with Crippen LogP contribution in [0.3, 0.4) is 0 Å². The summed E-state index contributed by atoms with van der Waals surface area (Å²) in [7, 11) is 5.88. The first-order chi connectivity index (χ1) is 18.5. The van der Waals surface area contributed by atoms with Gasteiger partial charge in [0, 0.05) is 57.7 Å². The number of amides is 1. The second-order valence-electron chi connectivity index (χ2n) is 11.3. The lowest BCUT2D eigenvalue weighted by Gasteiger charge is -2.37. The molecule has 2 aromatic rings. The predicted molar refractivity (Wildman–Crippen MR) is 142 cm³/mol. The number of hydrogen-bond donors (Lipinski definition) is 2. The fourth-order valence-corrected chi connectivity index (χ4v) is 6.09. The number of alkyl halides is 3. The maximum absolute atomic E-state index is 13.7. The number of anilines is 3. The number of hydrogen-bond acceptors (Lipinski definition) is 8. The first-order valence-electron chi connectivity index (χ1n) is 13.7. The van der Waals surface area contributed by atoms with Crippen LogP contribution in [-0.2, 0) is 11.0 Å². The van der Waals surface area contributed by atoms with Crippen LogP contribution >= 0.6 is 0 Å². The Morgan fingerprint density at radius 2 is 1.85 bits per heavy atom. The molecule has 2 atom stereocenters. The van der Waals surface area contributed by atoms with E-state index in [9.17, 15) is 18.0 Å². The highest BCUT2D eigenvalue weighted by atomic mass is 19.4. The van der Waals surface area contributed by atoms with Crippen LogP contribution in [-0.4, -0.2) is 99.8 Å². The lowest BCUT2D eigenvalue weighted by atomic mass is 9.98. The van der Waals surface area contributed by atoms with Gasteiger partial charge in [0.25, 0.3) is 0 Å². The van der Waals surface area contributed by atoms with Gasteiger partial charge in [0.05, 0.1) is 23.3 Å². The third-order valence-electron chi connectivity index (χ3n) is 8.46. The zero-order valence-electron chi connectivity index (χ0n) is 23.0. The van der Waals surface area contributed by atoms with Crippen molar-refractivity contribution in [1.29, 1.82) is 0 Å². The summed E-state index contributed by atoms with van der Waals surface area (Å²) in [5.74, 6) is -0.145. The van der Waals surface area contributed by atoms with Crippen molar-refractivity contribution < 1.29 is 18.0 Å². The van der Waals surface area contributed by atoms with Crippen LogP contribution in [0.15, 0.2) is 12.4 Å². The highest BCUT2D eigenvalue weighted by Crippen LogP contribution is 2.40. The van der Waals surface area contributed by atoms with E-state index in [2.05, 4.69) is 37.4 Å². The highest BCUT2D eigenvalue weighted by molar-refractivity contribution is 5.79. The predicted octanol–water partition coefficient (Wildman–Crippen LogP) is 3.36. The molecule has 0 aromatic carbocycles. The maximum atomic E-state index is 13.7. The Morgan fingerprint density at radius 3 is 2.49 bits per heavy atom. The van der Waals surface area contributed by atoms with Crippen LogP contribution in [0, 0.1) is 12.8 Å². The number of aromatic nitrogens is 4. The summed E-state index contributed by atoms with van der Waals surface area (Å²) >= 11 is 0. The monoisotopic (exact) mass is 549 g/mol. The topological polar surface area (TPSA) is 94.5 Å². The van der Waals surface area contributed by atoms with Crippen molar-refractivity contribution in [3.05, 3.63) is 23.7 Å². The zero-order chi connectivity index (χ0) is 27.9. The lowest BCUT2D eigenvalue weighted by molar-refractivity contribution is -0.139. The van der Waals surface area contributed by atoms with Gasteiger partial charge in [-0.25, -0.2) is 4.98 Å². The normalized spacial score (nSPS) is 24.0. The number of likely N-dealkylation sites (tertiary alicyclic amines) is 1. The minimum absolute atomic E-state index is 0.00249. The molecule has 13 heteroatoms. The Hall–Kier alpha value is -2.93. The zero-order valence-corrected chi connectivity index (χ0v) is 23.0. The molecule has 1 amide bonds. The molecule has 3 saturated heterocycles. The van der Waals surface area contributed by atoms with Crippen LogP contribution in [0.1, 0.15) is 49.4 Å². The maximum Gasteiger partial charge on any atom is 0.421 e. The number of fused-ring (bicyclic) bond motifs is 2. The van der Waals surface area contributed by atoms with Crippen LogP contribution in [0.5, 0.6) is 0 Å². The van der Waals surface area contributed by atoms with Gasteiger partial charge in [-0.05, 0) is 53.1 Å². The van der Waals surface area contributed by atoms with E-state index < -0.39 is 11.7 Å². The van der Waals surface area contributed by atoms with Gasteiger partial charge in [-0.15, -0.1) is 0 Å². The van der Waals surface area contributed by atoms with Gasteiger partial charge in [-0.1, -0.05) is 0 Å². The first-order valence-corrected chi connectivity index (χ1v) is 13.7. The number of nitrogens with zero attached hydrogens (tertiary/aromatic N) is 7. The minimum atomic E-state index is -4.60. The highest BCUT2D eigenvalue weighted by Gasteiger charge is 2.39. The average molecular weight is 550 g/mol. The fraction of sp³-hybridized carbons (Fsp3) is 0.692. The van der Waals surface area contributed by atoms with Gasteiger partial charge in [-0.2, -0.15) is 23.3 Å². The number of piperidine rings is 1. The summed E-state index contributed by atoms with van der Waals surface area (Å²) in [6.45, 7) is 4.03. The van der Waals surface area contributed by atoms with Crippen molar-refractivity contribution in [2.75, 3.05) is 58.0 Å². The van der Waals surface area contributed by atoms with Gasteiger partial charge in [0.1, 0.15) is 11.4 Å². The Morgan fingerprint density at radius 1 is 1.15 bits per heavy atom. The van der Waals surface area contributed by atoms with Crippen molar-refractivity contribution in [3.8, 4) is 0 Å². The van der Waals surface area contributed by atoms with Crippen molar-refractivity contribution >= 4 is 23.4 Å². The second-order valence-corrected chi connectivity index (χ2v) is 11.3. The molecule has 39 heavy (non-hydrogen) atoms. The Bertz CT molecular complexity index is 1170. The Balaban J connectivity index is 1.22. The molecular weight excluding hydrogens is 511 g/mol. The molecule has 3 fully saturated rings. The molecule has 2 bridgehead atoms. The average Bonchev–Trinajstić information content (AvgIpc) is 3.30. The molecule has 214 valence electrons. The van der Waals surface area contributed by atoms with Crippen LogP contribution < -0.4 is 10.6 Å². The summed E-state index contributed by atoms with van der Waals surface area (Å²) in [5.41, 5.74) is 0.489. The van der Waals surface area contributed by atoms with Gasteiger partial charge in [0.15, 0.2) is 0 Å². The first kappa shape index (κ1) is 27.6. The van der Waals surface area contributed by atoms with E-state index >= 15 is 0 Å². The third-order valence-corrected chi connectivity index (χ3v) is 8.46. The molecule has 0 radical (unpaired) electrons. The van der Waals surface area contributed by atoms with E-state index in [-0.39, 0.29) is 30.1 Å². The number of aryl methyl sites for hydroxylation is 1. The van der Waals surface area contributed by atoms with Crippen LogP contribution in [0.4, 0.5) is 30.6 Å². The molecule has 10 nitrogen and oxygen atoms in total. The number of carbonyl (C=O) groups excluding carboxylic acids is 1. The van der Waals surface area contributed by atoms with Gasteiger partial charge in [-0.3, -0.25) is 9.48 Å². The number of carbonyl (C=O) groups is 1. The van der Waals surface area contributed by atoms with E-state index in [0.29, 0.717) is 36.8 Å². The van der Waals surface area contributed by atoms with E-state index in [1.54, 1.807) is 11.9 Å². The third kappa shape index (κ3) is 5.98. The fourth-order valence-electron chi connectivity index (χ4n) is 6.09. The molecule has 2 N–H and O–H groups in total. The summed E-state index contributed by atoms with van der Waals surface area (Å²) in [4.78, 5) is 26.7. The van der Waals surface area contributed by atoms with Crippen molar-refractivity contribution in [1.82, 2.24) is 34.4 Å². The second kappa shape index (κ2) is 10.9. The van der Waals surface area contributed by atoms with E-state index in [0.717, 1.165) is 37.8 Å². The standard InChI is InChI=1S/C26H38F3N9O/c1-16-22(15-38(34-16)20-10-18-6-7-19(11-20)37(18)4)32-25-31-12-21(26(27,28)29)23(33-25)30-8-5-9-36(3)24(39)17-13-35(2)14-17/h12,15,17-20H,5-11,13-14H2,1-4H3,(H2,30,31,32,33). The minimum Gasteiger partial charge on any atom is -0.369 e. The molecule has 5 heterocycles. The van der Waals surface area contributed by atoms with Crippen LogP contribution in [0.2, 0.25) is 0 Å². The molecular formula is C26H38F3N9O. The van der Waals surface area contributed by atoms with E-state index in [1.165, 1.54) is 12.8 Å². The molecule has 2 unspecified atom stereocenters. The van der Waals surface area contributed by atoms with Gasteiger partial charge < -0.3 is 25.3 Å². The summed E-state index contributed by atoms with van der Waals surface area (Å²) in [5, 5.41) is 10.6. The van der Waals surface area contributed by atoms with E-state index in [4.69, 9.17) is 5.10 Å². The number of nitrogens with one attached hydrogen (secondary N) is 2. The quantitative estimate of drug-likeness (QED) is 0.460. The molecule has 2 aromatic heterocycles. The summed E-state index contributed by atoms with van der Waals surface area (Å²) < 4.78 is 43.0. The van der Waals surface area contributed by atoms with Crippen LogP contribution in [0.25, 0.3) is 0 Å². The SMILES string of the molecule is Cc1nn(C2CC3CCC(C2)N3C)cc1Nc1ncc(C(F)(F)F)c(NCCCN(C)C(=O)C2CN(C)C2)n1. The van der Waals surface area contributed by atoms with Gasteiger partial charge >= 0.3 is 6.18 Å². The largest absolute Gasteiger partial charge is 0.421 e. The Kier molecular flexibility index (Phi) is 7.73.